The van der Waals surface area contributed by atoms with Crippen molar-refractivity contribution in [3.8, 4) is 0 Å². The highest BCUT2D eigenvalue weighted by atomic mass is 19.4. The second-order valence-corrected chi connectivity index (χ2v) is 6.09. The van der Waals surface area contributed by atoms with Gasteiger partial charge in [0.05, 0.1) is 11.5 Å². The molecule has 0 heterocycles. The summed E-state index contributed by atoms with van der Waals surface area (Å²) < 4.78 is 39.1. The van der Waals surface area contributed by atoms with E-state index >= 15 is 0 Å². The number of hydrogen-bond donors (Lipinski definition) is 2. The maximum atomic E-state index is 13.0. The zero-order valence-electron chi connectivity index (χ0n) is 13.1. The third-order valence-electron chi connectivity index (χ3n) is 4.41. The van der Waals surface area contributed by atoms with Gasteiger partial charge < -0.3 is 10.4 Å². The fraction of sp³-hybridized carbons (Fsp3) is 0.529. The molecule has 0 bridgehead atoms. The fourth-order valence-electron chi connectivity index (χ4n) is 3.16. The van der Waals surface area contributed by atoms with E-state index in [0.29, 0.717) is 24.8 Å². The summed E-state index contributed by atoms with van der Waals surface area (Å²) in [4.78, 5) is 23.0. The van der Waals surface area contributed by atoms with Gasteiger partial charge in [-0.2, -0.15) is 13.2 Å². The standard InChI is InChI=1S/C17H20F3NO3/c18-17(19,20)14-7-2-1-6-13(14)15(22)21-9-8-11-4-3-5-12(10-11)16(23)24/h3-5,10,13-14H,1-2,6-9H2,(H,21,22)(H,23,24). The Balaban J connectivity index is 1.90. The molecule has 1 aliphatic rings. The molecule has 7 heteroatoms. The summed E-state index contributed by atoms with van der Waals surface area (Å²) in [5, 5.41) is 11.5. The zero-order valence-corrected chi connectivity index (χ0v) is 13.1. The van der Waals surface area contributed by atoms with Crippen LogP contribution in [-0.2, 0) is 11.2 Å². The first-order chi connectivity index (χ1) is 11.3. The summed E-state index contributed by atoms with van der Waals surface area (Å²) >= 11 is 0. The van der Waals surface area contributed by atoms with E-state index in [4.69, 9.17) is 5.11 Å². The molecule has 0 aromatic heterocycles. The van der Waals surface area contributed by atoms with Crippen LogP contribution >= 0.6 is 0 Å². The number of aromatic carboxylic acids is 1. The van der Waals surface area contributed by atoms with Crippen molar-refractivity contribution in [2.75, 3.05) is 6.54 Å². The lowest BCUT2D eigenvalue weighted by molar-refractivity contribution is -0.198. The molecular formula is C17H20F3NO3. The lowest BCUT2D eigenvalue weighted by atomic mass is 9.78. The van der Waals surface area contributed by atoms with E-state index < -0.39 is 29.9 Å². The Morgan fingerprint density at radius 2 is 1.92 bits per heavy atom. The summed E-state index contributed by atoms with van der Waals surface area (Å²) in [5.41, 5.74) is 0.856. The largest absolute Gasteiger partial charge is 0.478 e. The number of carbonyl (C=O) groups is 2. The van der Waals surface area contributed by atoms with Crippen molar-refractivity contribution in [1.82, 2.24) is 5.32 Å². The Morgan fingerprint density at radius 1 is 1.21 bits per heavy atom. The van der Waals surface area contributed by atoms with Crippen molar-refractivity contribution in [2.24, 2.45) is 11.8 Å². The minimum Gasteiger partial charge on any atom is -0.478 e. The molecule has 0 aliphatic heterocycles. The van der Waals surface area contributed by atoms with Gasteiger partial charge in [-0.05, 0) is 37.0 Å². The zero-order chi connectivity index (χ0) is 17.7. The predicted molar refractivity (Wildman–Crippen MR) is 81.6 cm³/mol. The second kappa shape index (κ2) is 7.68. The van der Waals surface area contributed by atoms with Gasteiger partial charge in [-0.3, -0.25) is 4.79 Å². The first-order valence-corrected chi connectivity index (χ1v) is 7.95. The Bertz CT molecular complexity index is 601. The number of hydrogen-bond acceptors (Lipinski definition) is 2. The number of carboxylic acids is 1. The van der Waals surface area contributed by atoms with E-state index in [0.717, 1.165) is 0 Å². The highest BCUT2D eigenvalue weighted by molar-refractivity contribution is 5.87. The molecule has 0 spiro atoms. The predicted octanol–water partition coefficient (Wildman–Crippen LogP) is 3.41. The van der Waals surface area contributed by atoms with Crippen LogP contribution in [0.4, 0.5) is 13.2 Å². The van der Waals surface area contributed by atoms with Gasteiger partial charge >= 0.3 is 12.1 Å². The van der Waals surface area contributed by atoms with E-state index in [1.807, 2.05) is 0 Å². The van der Waals surface area contributed by atoms with Crippen LogP contribution in [-0.4, -0.2) is 29.7 Å². The summed E-state index contributed by atoms with van der Waals surface area (Å²) in [6.45, 7) is 0.184. The highest BCUT2D eigenvalue weighted by Crippen LogP contribution is 2.41. The summed E-state index contributed by atoms with van der Waals surface area (Å²) in [6.07, 6.45) is -2.59. The number of alkyl halides is 3. The van der Waals surface area contributed by atoms with Crippen LogP contribution in [0, 0.1) is 11.8 Å². The van der Waals surface area contributed by atoms with Crippen LogP contribution in [0.15, 0.2) is 24.3 Å². The lowest BCUT2D eigenvalue weighted by Crippen LogP contribution is -2.43. The van der Waals surface area contributed by atoms with E-state index in [1.165, 1.54) is 12.1 Å². The molecule has 1 aromatic rings. The molecule has 1 amide bonds. The number of nitrogens with one attached hydrogen (secondary N) is 1. The number of halogens is 3. The Morgan fingerprint density at radius 3 is 2.58 bits per heavy atom. The number of benzene rings is 1. The summed E-state index contributed by atoms with van der Waals surface area (Å²) in [5.74, 6) is -4.20. The number of amides is 1. The molecular weight excluding hydrogens is 323 g/mol. The molecule has 1 aliphatic carbocycles. The first-order valence-electron chi connectivity index (χ1n) is 7.95. The molecule has 2 atom stereocenters. The molecule has 4 nitrogen and oxygen atoms in total. The first kappa shape index (κ1) is 18.3. The molecule has 132 valence electrons. The Labute approximate surface area is 138 Å². The fourth-order valence-corrected chi connectivity index (χ4v) is 3.16. The average Bonchev–Trinajstić information content (AvgIpc) is 2.54. The molecule has 1 fully saturated rings. The number of carbonyl (C=O) groups excluding carboxylic acids is 1. The molecule has 1 saturated carbocycles. The number of rotatable bonds is 5. The molecule has 0 radical (unpaired) electrons. The third-order valence-corrected chi connectivity index (χ3v) is 4.41. The molecule has 2 unspecified atom stereocenters. The highest BCUT2D eigenvalue weighted by Gasteiger charge is 2.47. The van der Waals surface area contributed by atoms with Crippen molar-refractivity contribution in [2.45, 2.75) is 38.3 Å². The van der Waals surface area contributed by atoms with Crippen molar-refractivity contribution in [1.29, 1.82) is 0 Å². The van der Waals surface area contributed by atoms with Gasteiger partial charge in [-0.25, -0.2) is 4.79 Å². The summed E-state index contributed by atoms with van der Waals surface area (Å²) in [7, 11) is 0. The van der Waals surface area contributed by atoms with Crippen LogP contribution in [0.3, 0.4) is 0 Å². The Kier molecular flexibility index (Phi) is 5.85. The average molecular weight is 343 g/mol. The smallest absolute Gasteiger partial charge is 0.392 e. The van der Waals surface area contributed by atoms with Crippen molar-refractivity contribution in [3.63, 3.8) is 0 Å². The van der Waals surface area contributed by atoms with Gasteiger partial charge in [-0.15, -0.1) is 0 Å². The SMILES string of the molecule is O=C(O)c1cccc(CCNC(=O)C2CCCCC2C(F)(F)F)c1. The normalized spacial score (nSPS) is 21.3. The van der Waals surface area contributed by atoms with E-state index in [9.17, 15) is 22.8 Å². The van der Waals surface area contributed by atoms with Crippen LogP contribution < -0.4 is 5.32 Å². The molecule has 2 N–H and O–H groups in total. The van der Waals surface area contributed by atoms with Crippen LogP contribution in [0.25, 0.3) is 0 Å². The van der Waals surface area contributed by atoms with Gasteiger partial charge in [0.2, 0.25) is 5.91 Å². The van der Waals surface area contributed by atoms with Crippen LogP contribution in [0.1, 0.15) is 41.6 Å². The minimum atomic E-state index is -4.35. The van der Waals surface area contributed by atoms with Gasteiger partial charge in [0.1, 0.15) is 0 Å². The van der Waals surface area contributed by atoms with Crippen LogP contribution in [0.5, 0.6) is 0 Å². The topological polar surface area (TPSA) is 66.4 Å². The van der Waals surface area contributed by atoms with Gasteiger partial charge in [-0.1, -0.05) is 25.0 Å². The van der Waals surface area contributed by atoms with Crippen molar-refractivity contribution >= 4 is 11.9 Å². The third kappa shape index (κ3) is 4.72. The minimum absolute atomic E-state index is 0.00223. The molecule has 0 saturated heterocycles. The molecule has 2 rings (SSSR count). The quantitative estimate of drug-likeness (QED) is 0.861. The van der Waals surface area contributed by atoms with E-state index in [-0.39, 0.29) is 24.9 Å². The Hall–Kier alpha value is -2.05. The maximum absolute atomic E-state index is 13.0. The van der Waals surface area contributed by atoms with Gasteiger partial charge in [0.15, 0.2) is 0 Å². The summed E-state index contributed by atoms with van der Waals surface area (Å²) in [6, 6.07) is 6.27. The molecule has 24 heavy (non-hydrogen) atoms. The van der Waals surface area contributed by atoms with Crippen molar-refractivity contribution < 1.29 is 27.9 Å². The van der Waals surface area contributed by atoms with E-state index in [1.54, 1.807) is 12.1 Å². The van der Waals surface area contributed by atoms with Crippen molar-refractivity contribution in [3.05, 3.63) is 35.4 Å². The van der Waals surface area contributed by atoms with Gasteiger partial charge in [0.25, 0.3) is 0 Å². The van der Waals surface area contributed by atoms with Crippen LogP contribution in [0.2, 0.25) is 0 Å². The maximum Gasteiger partial charge on any atom is 0.392 e. The number of carboxylic acid groups (broad SMARTS) is 1. The monoisotopic (exact) mass is 343 g/mol. The lowest BCUT2D eigenvalue weighted by Gasteiger charge is -2.32. The van der Waals surface area contributed by atoms with Gasteiger partial charge in [0, 0.05) is 12.5 Å². The molecule has 1 aromatic carbocycles. The van der Waals surface area contributed by atoms with E-state index in [2.05, 4.69) is 5.32 Å². The second-order valence-electron chi connectivity index (χ2n) is 6.09.